The molecule has 11 heteroatoms. The van der Waals surface area contributed by atoms with Crippen molar-refractivity contribution in [2.75, 3.05) is 39.0 Å². The predicted octanol–water partition coefficient (Wildman–Crippen LogP) is 5.63. The zero-order chi connectivity index (χ0) is 25.6. The molecule has 2 aromatic rings. The molecular formula is C24H27F3N4O3S. The van der Waals surface area contributed by atoms with E-state index in [0.717, 1.165) is 37.5 Å². The summed E-state index contributed by atoms with van der Waals surface area (Å²) >= 11 is 0.983. The van der Waals surface area contributed by atoms with Gasteiger partial charge in [0.2, 0.25) is 0 Å². The van der Waals surface area contributed by atoms with Gasteiger partial charge in [-0.1, -0.05) is 26.0 Å². The Labute approximate surface area is 206 Å². The highest BCUT2D eigenvalue weighted by Gasteiger charge is 2.35. The summed E-state index contributed by atoms with van der Waals surface area (Å²) < 4.78 is 51.6. The van der Waals surface area contributed by atoms with Crippen LogP contribution < -0.4 is 20.5 Å². The van der Waals surface area contributed by atoms with Crippen LogP contribution in [0.25, 0.3) is 6.08 Å². The molecular weight excluding hydrogens is 481 g/mol. The van der Waals surface area contributed by atoms with Crippen molar-refractivity contribution in [1.29, 1.82) is 0 Å². The SMILES string of the molecule is CCN(CC)CCN=C1NC(=O)S/C1=C\c1cccc(Oc2ccc(N)cc2C(F)(F)F)c1OC. The Balaban J connectivity index is 1.93. The normalized spacial score (nSPS) is 16.3. The number of methoxy groups -OCH3 is 1. The van der Waals surface area contributed by atoms with Crippen LogP contribution in [-0.2, 0) is 6.18 Å². The number of hydrogen-bond donors (Lipinski definition) is 2. The lowest BCUT2D eigenvalue weighted by Gasteiger charge is -2.17. The highest BCUT2D eigenvalue weighted by atomic mass is 32.2. The molecule has 1 heterocycles. The number of amides is 1. The number of nitrogens with zero attached hydrogens (tertiary/aromatic N) is 2. The van der Waals surface area contributed by atoms with Crippen molar-refractivity contribution in [3.8, 4) is 17.2 Å². The fourth-order valence-electron chi connectivity index (χ4n) is 3.45. The third-order valence-corrected chi connectivity index (χ3v) is 6.08. The van der Waals surface area contributed by atoms with Crippen molar-refractivity contribution in [2.45, 2.75) is 20.0 Å². The number of alkyl halides is 3. The Hall–Kier alpha value is -3.18. The number of rotatable bonds is 9. The summed E-state index contributed by atoms with van der Waals surface area (Å²) in [6.07, 6.45) is -2.96. The van der Waals surface area contributed by atoms with Crippen molar-refractivity contribution < 1.29 is 27.4 Å². The van der Waals surface area contributed by atoms with Gasteiger partial charge in [0.25, 0.3) is 5.24 Å². The largest absolute Gasteiger partial charge is 0.492 e. The van der Waals surface area contributed by atoms with Gasteiger partial charge in [-0.3, -0.25) is 9.79 Å². The van der Waals surface area contributed by atoms with E-state index < -0.39 is 17.5 Å². The van der Waals surface area contributed by atoms with E-state index in [4.69, 9.17) is 15.2 Å². The van der Waals surface area contributed by atoms with Crippen LogP contribution in [0, 0.1) is 0 Å². The van der Waals surface area contributed by atoms with E-state index in [2.05, 4.69) is 29.1 Å². The highest BCUT2D eigenvalue weighted by molar-refractivity contribution is 8.18. The summed E-state index contributed by atoms with van der Waals surface area (Å²) in [7, 11) is 1.39. The van der Waals surface area contributed by atoms with Gasteiger partial charge < -0.3 is 25.4 Å². The number of thioether (sulfide) groups is 1. The number of aliphatic imine (C=N–C) groups is 1. The summed E-state index contributed by atoms with van der Waals surface area (Å²) in [4.78, 5) is 19.3. The van der Waals surface area contributed by atoms with Gasteiger partial charge in [0, 0.05) is 17.8 Å². The van der Waals surface area contributed by atoms with Gasteiger partial charge in [0.15, 0.2) is 11.5 Å². The molecule has 0 atom stereocenters. The van der Waals surface area contributed by atoms with Crippen molar-refractivity contribution >= 4 is 34.6 Å². The first-order valence-corrected chi connectivity index (χ1v) is 11.8. The van der Waals surface area contributed by atoms with Crippen LogP contribution in [0.4, 0.5) is 23.7 Å². The van der Waals surface area contributed by atoms with Crippen LogP contribution in [0.3, 0.4) is 0 Å². The maximum atomic E-state index is 13.5. The second kappa shape index (κ2) is 11.5. The van der Waals surface area contributed by atoms with Crippen molar-refractivity contribution in [2.24, 2.45) is 4.99 Å². The smallest absolute Gasteiger partial charge is 0.420 e. The van der Waals surface area contributed by atoms with Gasteiger partial charge in [0.05, 0.1) is 18.6 Å². The Morgan fingerprint density at radius 2 is 1.91 bits per heavy atom. The minimum atomic E-state index is -4.65. The molecule has 1 aliphatic heterocycles. The van der Waals surface area contributed by atoms with E-state index in [1.807, 2.05) is 0 Å². The number of nitrogen functional groups attached to an aromatic ring is 1. The molecule has 0 aliphatic carbocycles. The predicted molar refractivity (Wildman–Crippen MR) is 133 cm³/mol. The molecule has 1 aliphatic rings. The summed E-state index contributed by atoms with van der Waals surface area (Å²) in [6, 6.07) is 8.15. The molecule has 1 fully saturated rings. The lowest BCUT2D eigenvalue weighted by atomic mass is 10.1. The number of carbonyl (C=O) groups is 1. The number of amidine groups is 1. The van der Waals surface area contributed by atoms with E-state index in [9.17, 15) is 18.0 Å². The van der Waals surface area contributed by atoms with Crippen LogP contribution in [0.2, 0.25) is 0 Å². The number of halogens is 3. The Kier molecular flexibility index (Phi) is 8.68. The van der Waals surface area contributed by atoms with E-state index in [1.165, 1.54) is 25.3 Å². The van der Waals surface area contributed by atoms with E-state index >= 15 is 0 Å². The zero-order valence-corrected chi connectivity index (χ0v) is 20.4. The van der Waals surface area contributed by atoms with Crippen LogP contribution in [0.15, 0.2) is 46.3 Å². The third kappa shape index (κ3) is 6.70. The molecule has 188 valence electrons. The summed E-state index contributed by atoms with van der Waals surface area (Å²) in [5.74, 6) is 0.339. The van der Waals surface area contributed by atoms with Crippen LogP contribution in [0.1, 0.15) is 25.0 Å². The number of anilines is 1. The lowest BCUT2D eigenvalue weighted by molar-refractivity contribution is -0.138. The number of benzene rings is 2. The standard InChI is InChI=1S/C24H27F3N4O3S/c1-4-31(5-2)12-11-29-22-20(35-23(32)30-22)13-15-7-6-8-19(21(15)33-3)34-18-10-9-16(28)14-17(18)24(25,26)27/h6-10,13-14H,4-5,11-12,28H2,1-3H3,(H,29,30,32)/b20-13-. The minimum absolute atomic E-state index is 0.0293. The first-order valence-electron chi connectivity index (χ1n) is 11.0. The third-order valence-electron chi connectivity index (χ3n) is 5.27. The number of nitrogens with two attached hydrogens (primary N) is 1. The number of carbonyl (C=O) groups excluding carboxylic acids is 1. The van der Waals surface area contributed by atoms with E-state index in [0.29, 0.717) is 22.8 Å². The van der Waals surface area contributed by atoms with Gasteiger partial charge in [0.1, 0.15) is 17.1 Å². The monoisotopic (exact) mass is 508 g/mol. The van der Waals surface area contributed by atoms with Gasteiger partial charge in [-0.2, -0.15) is 13.2 Å². The number of hydrogen-bond acceptors (Lipinski definition) is 7. The number of likely N-dealkylation sites (N-methyl/N-ethyl adjacent to an activating group) is 1. The minimum Gasteiger partial charge on any atom is -0.492 e. The highest BCUT2D eigenvalue weighted by Crippen LogP contribution is 2.42. The second-order valence-electron chi connectivity index (χ2n) is 7.51. The van der Waals surface area contributed by atoms with Crippen LogP contribution in [0.5, 0.6) is 17.2 Å². The second-order valence-corrected chi connectivity index (χ2v) is 8.53. The van der Waals surface area contributed by atoms with Crippen LogP contribution >= 0.6 is 11.8 Å². The Morgan fingerprint density at radius 3 is 2.57 bits per heavy atom. The van der Waals surface area contributed by atoms with Gasteiger partial charge in [-0.25, -0.2) is 0 Å². The topological polar surface area (TPSA) is 89.2 Å². The van der Waals surface area contributed by atoms with Crippen molar-refractivity contribution in [1.82, 2.24) is 10.2 Å². The number of nitrogens with one attached hydrogen (secondary N) is 1. The molecule has 0 bridgehead atoms. The molecule has 0 aromatic heterocycles. The molecule has 7 nitrogen and oxygen atoms in total. The fourth-order valence-corrected chi connectivity index (χ4v) is 4.20. The lowest BCUT2D eigenvalue weighted by Crippen LogP contribution is -2.27. The molecule has 0 saturated carbocycles. The average molecular weight is 509 g/mol. The fraction of sp³-hybridized carbons (Fsp3) is 0.333. The molecule has 2 aromatic carbocycles. The van der Waals surface area contributed by atoms with Crippen LogP contribution in [-0.4, -0.2) is 49.3 Å². The van der Waals surface area contributed by atoms with E-state index in [-0.39, 0.29) is 22.4 Å². The molecule has 3 rings (SSSR count). The molecule has 35 heavy (non-hydrogen) atoms. The summed E-state index contributed by atoms with van der Waals surface area (Å²) in [5.41, 5.74) is 5.04. The quantitative estimate of drug-likeness (QED) is 0.427. The Morgan fingerprint density at radius 1 is 1.17 bits per heavy atom. The maximum Gasteiger partial charge on any atom is 0.420 e. The molecule has 3 N–H and O–H groups in total. The molecule has 1 amide bonds. The number of ether oxygens (including phenoxy) is 2. The zero-order valence-electron chi connectivity index (χ0n) is 19.6. The molecule has 1 saturated heterocycles. The first kappa shape index (κ1) is 26.4. The van der Waals surface area contributed by atoms with Gasteiger partial charge in [-0.15, -0.1) is 0 Å². The number of para-hydroxylation sites is 1. The maximum absolute atomic E-state index is 13.5. The molecule has 0 unspecified atom stereocenters. The summed E-state index contributed by atoms with van der Waals surface area (Å²) in [6.45, 7) is 7.20. The van der Waals surface area contributed by atoms with Crippen molar-refractivity contribution in [3.05, 3.63) is 52.4 Å². The first-order chi connectivity index (χ1) is 16.7. The molecule has 0 spiro atoms. The van der Waals surface area contributed by atoms with Gasteiger partial charge >= 0.3 is 6.18 Å². The average Bonchev–Trinajstić information content (AvgIpc) is 3.16. The van der Waals surface area contributed by atoms with Crippen molar-refractivity contribution in [3.63, 3.8) is 0 Å². The Bertz CT molecular complexity index is 1130. The molecule has 0 radical (unpaired) electrons. The summed E-state index contributed by atoms with van der Waals surface area (Å²) in [5, 5.41) is 2.47. The van der Waals surface area contributed by atoms with Gasteiger partial charge in [-0.05, 0) is 55.2 Å². The van der Waals surface area contributed by atoms with E-state index in [1.54, 1.807) is 18.2 Å².